The molecule has 2 unspecified atom stereocenters. The number of unbranched alkanes of at least 4 members (excludes halogenated alkanes) is 1. The molecule has 0 fully saturated rings. The van der Waals surface area contributed by atoms with Crippen molar-refractivity contribution in [2.75, 3.05) is 7.05 Å². The molecule has 1 aromatic rings. The van der Waals surface area contributed by atoms with Crippen molar-refractivity contribution in [3.63, 3.8) is 0 Å². The maximum absolute atomic E-state index is 4.47. The van der Waals surface area contributed by atoms with Crippen LogP contribution in [0.15, 0.2) is 12.3 Å². The van der Waals surface area contributed by atoms with Crippen LogP contribution in [0.3, 0.4) is 0 Å². The fourth-order valence-corrected chi connectivity index (χ4v) is 2.46. The van der Waals surface area contributed by atoms with E-state index in [-0.39, 0.29) is 0 Å². The lowest BCUT2D eigenvalue weighted by Gasteiger charge is -2.25. The number of likely N-dealkylation sites (N-methyl/N-ethyl adjacent to an activating group) is 1. The Balaban J connectivity index is 2.56. The summed E-state index contributed by atoms with van der Waals surface area (Å²) in [6.07, 6.45) is 8.26. The summed E-state index contributed by atoms with van der Waals surface area (Å²) in [5.74, 6) is 0.766. The summed E-state index contributed by atoms with van der Waals surface area (Å²) < 4.78 is 1.88. The minimum Gasteiger partial charge on any atom is -0.316 e. The quantitative estimate of drug-likeness (QED) is 0.753. The molecule has 1 rings (SSSR count). The molecule has 0 aliphatic rings. The van der Waals surface area contributed by atoms with E-state index in [1.807, 2.05) is 17.9 Å². The summed E-state index contributed by atoms with van der Waals surface area (Å²) in [7, 11) is 4.05. The van der Waals surface area contributed by atoms with Crippen LogP contribution in [-0.2, 0) is 13.5 Å². The second-order valence-corrected chi connectivity index (χ2v) is 4.89. The second-order valence-electron chi connectivity index (χ2n) is 4.89. The summed E-state index contributed by atoms with van der Waals surface area (Å²) in [5, 5.41) is 7.94. The van der Waals surface area contributed by atoms with Crippen molar-refractivity contribution in [2.45, 2.75) is 52.0 Å². The Hall–Kier alpha value is -0.830. The third kappa shape index (κ3) is 4.50. The lowest BCUT2D eigenvalue weighted by Crippen LogP contribution is -2.35. The van der Waals surface area contributed by atoms with Crippen LogP contribution in [0.4, 0.5) is 0 Å². The summed E-state index contributed by atoms with van der Waals surface area (Å²) in [6.45, 7) is 4.56. The van der Waals surface area contributed by atoms with Gasteiger partial charge in [-0.1, -0.05) is 33.1 Å². The average Bonchev–Trinajstić information content (AvgIpc) is 2.74. The van der Waals surface area contributed by atoms with E-state index < -0.39 is 0 Å². The van der Waals surface area contributed by atoms with Crippen molar-refractivity contribution in [1.82, 2.24) is 15.1 Å². The van der Waals surface area contributed by atoms with Gasteiger partial charge in [-0.05, 0) is 25.5 Å². The van der Waals surface area contributed by atoms with Crippen molar-refractivity contribution < 1.29 is 0 Å². The number of rotatable bonds is 8. The summed E-state index contributed by atoms with van der Waals surface area (Å²) in [6, 6.07) is 2.68. The van der Waals surface area contributed by atoms with Crippen molar-refractivity contribution in [2.24, 2.45) is 13.0 Å². The average molecular weight is 237 g/mol. The Bertz CT molecular complexity index is 306. The van der Waals surface area contributed by atoms with Gasteiger partial charge in [0.2, 0.25) is 0 Å². The third-order valence-electron chi connectivity index (χ3n) is 3.59. The fourth-order valence-electron chi connectivity index (χ4n) is 2.46. The Labute approximate surface area is 106 Å². The van der Waals surface area contributed by atoms with Gasteiger partial charge in [0.15, 0.2) is 0 Å². The van der Waals surface area contributed by atoms with Gasteiger partial charge in [0.25, 0.3) is 0 Å². The summed E-state index contributed by atoms with van der Waals surface area (Å²) >= 11 is 0. The number of nitrogens with zero attached hydrogens (tertiary/aromatic N) is 2. The van der Waals surface area contributed by atoms with Crippen molar-refractivity contribution in [3.05, 3.63) is 18.0 Å². The molecule has 98 valence electrons. The molecule has 0 aliphatic carbocycles. The molecular weight excluding hydrogens is 210 g/mol. The third-order valence-corrected chi connectivity index (χ3v) is 3.59. The fraction of sp³-hybridized carbons (Fsp3) is 0.786. The monoisotopic (exact) mass is 237 g/mol. The molecule has 0 spiro atoms. The standard InChI is InChI=1S/C14H27N3/c1-5-7-8-12(6-2)14(15-3)11-13-9-10-17(4)16-13/h9-10,12,14-15H,5-8,11H2,1-4H3. The van der Waals surface area contributed by atoms with Crippen LogP contribution in [-0.4, -0.2) is 22.9 Å². The normalized spacial score (nSPS) is 14.8. The van der Waals surface area contributed by atoms with Gasteiger partial charge in [0, 0.05) is 25.7 Å². The van der Waals surface area contributed by atoms with Crippen LogP contribution in [0, 0.1) is 5.92 Å². The van der Waals surface area contributed by atoms with Crippen LogP contribution in [0.2, 0.25) is 0 Å². The molecule has 1 aromatic heterocycles. The zero-order chi connectivity index (χ0) is 12.7. The first-order chi connectivity index (χ1) is 8.21. The highest BCUT2D eigenvalue weighted by atomic mass is 15.2. The van der Waals surface area contributed by atoms with Crippen molar-refractivity contribution in [1.29, 1.82) is 0 Å². The molecule has 0 saturated carbocycles. The molecule has 0 radical (unpaired) electrons. The van der Waals surface area contributed by atoms with E-state index in [0.717, 1.165) is 12.3 Å². The van der Waals surface area contributed by atoms with E-state index in [1.165, 1.54) is 31.4 Å². The van der Waals surface area contributed by atoms with Crippen LogP contribution in [0.1, 0.15) is 45.2 Å². The molecular formula is C14H27N3. The predicted octanol–water partition coefficient (Wildman–Crippen LogP) is 2.77. The largest absolute Gasteiger partial charge is 0.316 e. The summed E-state index contributed by atoms with van der Waals surface area (Å²) in [4.78, 5) is 0. The maximum atomic E-state index is 4.47. The van der Waals surface area contributed by atoms with Gasteiger partial charge in [-0.2, -0.15) is 5.10 Å². The zero-order valence-corrected chi connectivity index (χ0v) is 11.7. The lowest BCUT2D eigenvalue weighted by atomic mass is 9.89. The summed E-state index contributed by atoms with van der Waals surface area (Å²) in [5.41, 5.74) is 1.20. The van der Waals surface area contributed by atoms with E-state index >= 15 is 0 Å². The molecule has 0 aromatic carbocycles. The van der Waals surface area contributed by atoms with Gasteiger partial charge in [-0.15, -0.1) is 0 Å². The number of hydrogen-bond acceptors (Lipinski definition) is 2. The topological polar surface area (TPSA) is 29.9 Å². The minimum absolute atomic E-state index is 0.557. The Kier molecular flexibility index (Phi) is 6.27. The highest BCUT2D eigenvalue weighted by Gasteiger charge is 2.19. The maximum Gasteiger partial charge on any atom is 0.0640 e. The molecule has 1 heterocycles. The smallest absolute Gasteiger partial charge is 0.0640 e. The molecule has 3 nitrogen and oxygen atoms in total. The Morgan fingerprint density at radius 2 is 2.18 bits per heavy atom. The van der Waals surface area contributed by atoms with Crippen LogP contribution < -0.4 is 5.32 Å². The highest BCUT2D eigenvalue weighted by molar-refractivity contribution is 5.02. The molecule has 17 heavy (non-hydrogen) atoms. The van der Waals surface area contributed by atoms with E-state index in [0.29, 0.717) is 6.04 Å². The first-order valence-electron chi connectivity index (χ1n) is 6.87. The number of hydrogen-bond donors (Lipinski definition) is 1. The molecule has 0 aliphatic heterocycles. The van der Waals surface area contributed by atoms with E-state index in [2.05, 4.69) is 37.4 Å². The van der Waals surface area contributed by atoms with Crippen LogP contribution in [0.5, 0.6) is 0 Å². The molecule has 2 atom stereocenters. The van der Waals surface area contributed by atoms with Gasteiger partial charge in [0.1, 0.15) is 0 Å². The van der Waals surface area contributed by atoms with E-state index in [9.17, 15) is 0 Å². The van der Waals surface area contributed by atoms with Gasteiger partial charge in [-0.3, -0.25) is 4.68 Å². The van der Waals surface area contributed by atoms with Crippen LogP contribution >= 0.6 is 0 Å². The molecule has 0 saturated heterocycles. The van der Waals surface area contributed by atoms with E-state index in [4.69, 9.17) is 0 Å². The van der Waals surface area contributed by atoms with Gasteiger partial charge >= 0.3 is 0 Å². The van der Waals surface area contributed by atoms with Crippen molar-refractivity contribution >= 4 is 0 Å². The SMILES string of the molecule is CCCCC(CC)C(Cc1ccn(C)n1)NC. The molecule has 0 bridgehead atoms. The van der Waals surface area contributed by atoms with Gasteiger partial charge in [0.05, 0.1) is 5.69 Å². The molecule has 3 heteroatoms. The lowest BCUT2D eigenvalue weighted by molar-refractivity contribution is 0.328. The number of aryl methyl sites for hydroxylation is 1. The first kappa shape index (κ1) is 14.2. The molecule has 1 N–H and O–H groups in total. The minimum atomic E-state index is 0.557. The van der Waals surface area contributed by atoms with Gasteiger partial charge in [-0.25, -0.2) is 0 Å². The Morgan fingerprint density at radius 3 is 2.65 bits per heavy atom. The zero-order valence-electron chi connectivity index (χ0n) is 11.7. The highest BCUT2D eigenvalue weighted by Crippen LogP contribution is 2.19. The van der Waals surface area contributed by atoms with Crippen molar-refractivity contribution in [3.8, 4) is 0 Å². The first-order valence-corrected chi connectivity index (χ1v) is 6.87. The Morgan fingerprint density at radius 1 is 1.41 bits per heavy atom. The van der Waals surface area contributed by atoms with Gasteiger partial charge < -0.3 is 5.32 Å². The molecule has 0 amide bonds. The predicted molar refractivity (Wildman–Crippen MR) is 73.1 cm³/mol. The number of aromatic nitrogens is 2. The van der Waals surface area contributed by atoms with E-state index in [1.54, 1.807) is 0 Å². The van der Waals surface area contributed by atoms with Crippen LogP contribution in [0.25, 0.3) is 0 Å². The number of nitrogens with one attached hydrogen (secondary N) is 1. The second kappa shape index (κ2) is 7.49.